The van der Waals surface area contributed by atoms with Crippen LogP contribution in [0.5, 0.6) is 0 Å². The van der Waals surface area contributed by atoms with E-state index in [1.165, 1.54) is 11.3 Å². The molecule has 1 heterocycles. The van der Waals surface area contributed by atoms with Crippen LogP contribution in [0.1, 0.15) is 54.2 Å². The molecule has 0 N–H and O–H groups in total. The van der Waals surface area contributed by atoms with Gasteiger partial charge in [0, 0.05) is 11.9 Å². The fourth-order valence-electron chi connectivity index (χ4n) is 2.57. The van der Waals surface area contributed by atoms with Gasteiger partial charge in [-0.2, -0.15) is 0 Å². The first-order valence-corrected chi connectivity index (χ1v) is 9.95. The van der Waals surface area contributed by atoms with Gasteiger partial charge in [-0.15, -0.1) is 11.3 Å². The Morgan fingerprint density at radius 1 is 1.15 bits per heavy atom. The summed E-state index contributed by atoms with van der Waals surface area (Å²) in [5, 5.41) is 2.45. The molecule has 140 valence electrons. The van der Waals surface area contributed by atoms with Crippen LogP contribution in [0.3, 0.4) is 0 Å². The van der Waals surface area contributed by atoms with Crippen LogP contribution in [0.2, 0.25) is 0 Å². The number of amides is 1. The van der Waals surface area contributed by atoms with Gasteiger partial charge in [0.05, 0.1) is 19.6 Å². The topological polar surface area (TPSA) is 59.5 Å². The highest BCUT2D eigenvalue weighted by Gasteiger charge is 2.18. The zero-order chi connectivity index (χ0) is 18.8. The zero-order valence-corrected chi connectivity index (χ0v) is 16.3. The Labute approximate surface area is 159 Å². The van der Waals surface area contributed by atoms with E-state index in [2.05, 4.69) is 11.9 Å². The lowest BCUT2D eigenvalue weighted by Gasteiger charge is -2.22. The van der Waals surface area contributed by atoms with E-state index >= 15 is 0 Å². The molecule has 0 saturated carbocycles. The van der Waals surface area contributed by atoms with E-state index in [9.17, 15) is 9.59 Å². The number of benzene rings is 1. The van der Waals surface area contributed by atoms with Gasteiger partial charge in [-0.1, -0.05) is 50.1 Å². The van der Waals surface area contributed by atoms with Crippen molar-refractivity contribution in [3.63, 3.8) is 0 Å². The summed E-state index contributed by atoms with van der Waals surface area (Å²) in [6.45, 7) is 5.36. The number of ether oxygens (including phenoxy) is 1. The van der Waals surface area contributed by atoms with Crippen molar-refractivity contribution >= 4 is 23.2 Å². The van der Waals surface area contributed by atoms with E-state index < -0.39 is 5.97 Å². The molecule has 2 aromatic rings. The second-order valence-electron chi connectivity index (χ2n) is 6.03. The summed E-state index contributed by atoms with van der Waals surface area (Å²) in [5.41, 5.74) is 1.32. The molecular formula is C20H26N2O3S. The van der Waals surface area contributed by atoms with Crippen molar-refractivity contribution < 1.29 is 14.3 Å². The minimum absolute atomic E-state index is 0.0835. The first-order valence-electron chi connectivity index (χ1n) is 9.07. The lowest BCUT2D eigenvalue weighted by Crippen LogP contribution is -2.32. The molecule has 1 amide bonds. The van der Waals surface area contributed by atoms with Gasteiger partial charge >= 0.3 is 5.97 Å². The van der Waals surface area contributed by atoms with Crippen molar-refractivity contribution in [3.8, 4) is 0 Å². The third-order valence-electron chi connectivity index (χ3n) is 3.94. The van der Waals surface area contributed by atoms with E-state index in [4.69, 9.17) is 4.74 Å². The molecule has 6 heteroatoms. The van der Waals surface area contributed by atoms with Crippen molar-refractivity contribution in [2.45, 2.75) is 46.1 Å². The number of unbranched alkanes of at least 4 members (excludes halogenated alkanes) is 2. The monoisotopic (exact) mass is 374 g/mol. The van der Waals surface area contributed by atoms with Crippen molar-refractivity contribution in [2.75, 3.05) is 13.2 Å². The van der Waals surface area contributed by atoms with Crippen LogP contribution < -0.4 is 0 Å². The molecule has 26 heavy (non-hydrogen) atoms. The normalized spacial score (nSPS) is 10.5. The van der Waals surface area contributed by atoms with Crippen LogP contribution in [-0.4, -0.2) is 34.9 Å². The molecular weight excluding hydrogens is 348 g/mol. The molecule has 0 radical (unpaired) electrons. The summed E-state index contributed by atoms with van der Waals surface area (Å²) in [5.74, 6) is -0.330. The van der Waals surface area contributed by atoms with Crippen LogP contribution in [0.25, 0.3) is 0 Å². The molecule has 2 rings (SSSR count). The summed E-state index contributed by atoms with van der Waals surface area (Å²) < 4.78 is 4.98. The number of esters is 1. The zero-order valence-electron chi connectivity index (χ0n) is 15.4. The highest BCUT2D eigenvalue weighted by molar-refractivity contribution is 7.09. The fraction of sp³-hybridized carbons (Fsp3) is 0.450. The number of thiazole rings is 1. The summed E-state index contributed by atoms with van der Waals surface area (Å²) in [6, 6.07) is 9.75. The Kier molecular flexibility index (Phi) is 8.28. The number of carbonyl (C=O) groups excluding carboxylic acids is 2. The molecule has 0 atom stereocenters. The van der Waals surface area contributed by atoms with Gasteiger partial charge in [-0.3, -0.25) is 4.79 Å². The van der Waals surface area contributed by atoms with Gasteiger partial charge in [-0.25, -0.2) is 9.78 Å². The second-order valence-corrected chi connectivity index (χ2v) is 6.97. The van der Waals surface area contributed by atoms with Crippen molar-refractivity contribution in [1.82, 2.24) is 9.88 Å². The minimum Gasteiger partial charge on any atom is -0.461 e. The maximum absolute atomic E-state index is 12.8. The molecule has 0 aliphatic carbocycles. The molecule has 5 nitrogen and oxygen atoms in total. The van der Waals surface area contributed by atoms with Crippen LogP contribution in [0, 0.1) is 0 Å². The van der Waals surface area contributed by atoms with Gasteiger partial charge in [0.1, 0.15) is 5.01 Å². The van der Waals surface area contributed by atoms with Gasteiger partial charge in [-0.05, 0) is 18.9 Å². The van der Waals surface area contributed by atoms with Crippen molar-refractivity contribution in [2.24, 2.45) is 0 Å². The highest BCUT2D eigenvalue weighted by Crippen LogP contribution is 2.15. The summed E-state index contributed by atoms with van der Waals surface area (Å²) in [6.07, 6.45) is 3.53. The molecule has 0 spiro atoms. The highest BCUT2D eigenvalue weighted by atomic mass is 32.1. The Bertz CT molecular complexity index is 700. The second kappa shape index (κ2) is 10.7. The van der Waals surface area contributed by atoms with E-state index in [0.717, 1.165) is 29.8 Å². The quantitative estimate of drug-likeness (QED) is 0.464. The maximum atomic E-state index is 12.8. The Morgan fingerprint density at radius 2 is 1.92 bits per heavy atom. The SMILES string of the molecule is CCCCCN(Cc1nc(C(=O)OCC)cs1)C(=O)Cc1ccccc1. The predicted octanol–water partition coefficient (Wildman–Crippen LogP) is 4.08. The van der Waals surface area contributed by atoms with E-state index in [1.807, 2.05) is 35.2 Å². The average Bonchev–Trinajstić information content (AvgIpc) is 3.11. The summed E-state index contributed by atoms with van der Waals surface area (Å²) in [7, 11) is 0. The molecule has 0 aliphatic heterocycles. The first kappa shape index (κ1) is 20.1. The predicted molar refractivity (Wildman–Crippen MR) is 103 cm³/mol. The van der Waals surface area contributed by atoms with Crippen LogP contribution in [-0.2, 0) is 22.5 Å². The number of hydrogen-bond acceptors (Lipinski definition) is 5. The maximum Gasteiger partial charge on any atom is 0.357 e. The number of aromatic nitrogens is 1. The van der Waals surface area contributed by atoms with E-state index in [0.29, 0.717) is 31.8 Å². The van der Waals surface area contributed by atoms with Gasteiger partial charge < -0.3 is 9.64 Å². The fourth-order valence-corrected chi connectivity index (χ4v) is 3.35. The summed E-state index contributed by atoms with van der Waals surface area (Å²) >= 11 is 1.39. The molecule has 1 aromatic heterocycles. The molecule has 0 unspecified atom stereocenters. The number of carbonyl (C=O) groups is 2. The number of hydrogen-bond donors (Lipinski definition) is 0. The molecule has 0 saturated heterocycles. The van der Waals surface area contributed by atoms with Gasteiger partial charge in [0.2, 0.25) is 5.91 Å². The number of nitrogens with zero attached hydrogens (tertiary/aromatic N) is 2. The smallest absolute Gasteiger partial charge is 0.357 e. The van der Waals surface area contributed by atoms with E-state index in [1.54, 1.807) is 12.3 Å². The standard InChI is InChI=1S/C20H26N2O3S/c1-3-5-9-12-22(19(23)13-16-10-7-6-8-11-16)14-18-21-17(15-26-18)20(24)25-4-2/h6-8,10-11,15H,3-5,9,12-14H2,1-2H3. The van der Waals surface area contributed by atoms with Crippen LogP contribution in [0.4, 0.5) is 0 Å². The average molecular weight is 375 g/mol. The Hall–Kier alpha value is -2.21. The molecule has 0 bridgehead atoms. The van der Waals surface area contributed by atoms with E-state index in [-0.39, 0.29) is 5.91 Å². The third-order valence-corrected chi connectivity index (χ3v) is 4.78. The third kappa shape index (κ3) is 6.26. The van der Waals surface area contributed by atoms with Crippen molar-refractivity contribution in [3.05, 3.63) is 52.0 Å². The minimum atomic E-state index is -0.414. The van der Waals surface area contributed by atoms with Gasteiger partial charge in [0.15, 0.2) is 5.69 Å². The largest absolute Gasteiger partial charge is 0.461 e. The Balaban J connectivity index is 2.04. The molecule has 1 aromatic carbocycles. The molecule has 0 aliphatic rings. The molecule has 0 fully saturated rings. The first-order chi connectivity index (χ1) is 12.6. The van der Waals surface area contributed by atoms with Crippen LogP contribution >= 0.6 is 11.3 Å². The lowest BCUT2D eigenvalue weighted by atomic mass is 10.1. The number of rotatable bonds is 10. The lowest BCUT2D eigenvalue weighted by molar-refractivity contribution is -0.131. The Morgan fingerprint density at radius 3 is 2.62 bits per heavy atom. The van der Waals surface area contributed by atoms with Crippen LogP contribution in [0.15, 0.2) is 35.7 Å². The van der Waals surface area contributed by atoms with Crippen molar-refractivity contribution in [1.29, 1.82) is 0 Å². The van der Waals surface area contributed by atoms with Gasteiger partial charge in [0.25, 0.3) is 0 Å². The summed E-state index contributed by atoms with van der Waals surface area (Å²) in [4.78, 5) is 30.7.